The number of pyridine rings is 2. The summed E-state index contributed by atoms with van der Waals surface area (Å²) < 4.78 is 0. The molecule has 0 bridgehead atoms. The Morgan fingerprint density at radius 2 is 0.902 bits per heavy atom. The highest BCUT2D eigenvalue weighted by Gasteiger charge is 2.46. The first-order valence-electron chi connectivity index (χ1n) is 21.0. The van der Waals surface area contributed by atoms with Crippen LogP contribution in [-0.2, 0) is 5.41 Å². The van der Waals surface area contributed by atoms with Gasteiger partial charge < -0.3 is 0 Å². The summed E-state index contributed by atoms with van der Waals surface area (Å²) in [6, 6.07) is 81.8. The van der Waals surface area contributed by atoms with E-state index in [1.807, 2.05) is 24.4 Å². The summed E-state index contributed by atoms with van der Waals surface area (Å²) >= 11 is 0. The Hall–Kier alpha value is -7.94. The van der Waals surface area contributed by atoms with E-state index in [1.54, 1.807) is 0 Å². The van der Waals surface area contributed by atoms with E-state index in [1.165, 1.54) is 66.1 Å². The van der Waals surface area contributed by atoms with Crippen molar-refractivity contribution in [3.63, 3.8) is 0 Å². The van der Waals surface area contributed by atoms with Crippen LogP contribution in [0, 0.1) is 0 Å². The molecule has 2 nitrogen and oxygen atoms in total. The van der Waals surface area contributed by atoms with Crippen LogP contribution < -0.4 is 0 Å². The molecule has 9 aromatic carbocycles. The number of hydrogen-bond acceptors (Lipinski definition) is 2. The Balaban J connectivity index is 0.963. The molecule has 61 heavy (non-hydrogen) atoms. The van der Waals surface area contributed by atoms with Gasteiger partial charge in [0.1, 0.15) is 0 Å². The molecule has 0 amide bonds. The number of hydrogen-bond donors (Lipinski definition) is 0. The van der Waals surface area contributed by atoms with Gasteiger partial charge in [-0.15, -0.1) is 0 Å². The Bertz CT molecular complexity index is 3410. The van der Waals surface area contributed by atoms with Crippen molar-refractivity contribution in [2.24, 2.45) is 0 Å². The smallest absolute Gasteiger partial charge is 0.0900 e. The summed E-state index contributed by atoms with van der Waals surface area (Å²) in [5, 5.41) is 6.05. The number of aromatic nitrogens is 2. The van der Waals surface area contributed by atoms with Gasteiger partial charge in [0.25, 0.3) is 0 Å². The predicted molar refractivity (Wildman–Crippen MR) is 254 cm³/mol. The molecular weight excluding hydrogens is 737 g/mol. The van der Waals surface area contributed by atoms with E-state index >= 15 is 0 Å². The molecule has 284 valence electrons. The number of benzene rings is 9. The summed E-state index contributed by atoms with van der Waals surface area (Å²) in [5.74, 6) is 0. The quantitative estimate of drug-likeness (QED) is 0.157. The summed E-state index contributed by atoms with van der Waals surface area (Å²) in [6.45, 7) is 0. The Kier molecular flexibility index (Phi) is 8.11. The van der Waals surface area contributed by atoms with E-state index in [0.717, 1.165) is 44.5 Å². The second kappa shape index (κ2) is 14.1. The summed E-state index contributed by atoms with van der Waals surface area (Å²) in [7, 11) is 0. The van der Waals surface area contributed by atoms with Crippen molar-refractivity contribution in [3.05, 3.63) is 253 Å². The van der Waals surface area contributed by atoms with Crippen LogP contribution in [0.5, 0.6) is 0 Å². The van der Waals surface area contributed by atoms with Gasteiger partial charge in [-0.25, -0.2) is 4.98 Å². The van der Waals surface area contributed by atoms with Crippen molar-refractivity contribution < 1.29 is 0 Å². The van der Waals surface area contributed by atoms with Crippen molar-refractivity contribution >= 4 is 32.4 Å². The fourth-order valence-corrected chi connectivity index (χ4v) is 10.1. The van der Waals surface area contributed by atoms with E-state index in [9.17, 15) is 0 Å². The maximum Gasteiger partial charge on any atom is 0.0900 e. The lowest BCUT2D eigenvalue weighted by atomic mass is 9.67. The van der Waals surface area contributed by atoms with Crippen LogP contribution in [0.4, 0.5) is 0 Å². The molecule has 0 unspecified atom stereocenters. The second-order valence-electron chi connectivity index (χ2n) is 16.1. The molecule has 2 aromatic heterocycles. The van der Waals surface area contributed by atoms with Gasteiger partial charge in [-0.05, 0) is 125 Å². The maximum atomic E-state index is 5.16. The molecule has 0 saturated carbocycles. The SMILES string of the molecule is c1ccc(-c2cc(-c3ccccn3)nc3cc(-c4ccc5c(ccc6cc(-c7cccc8c7-c7ccccc7C8(c7ccccc7)c7ccccc7)ccc65)c4)ccc23)cc1. The lowest BCUT2D eigenvalue weighted by molar-refractivity contribution is 0.768. The Morgan fingerprint density at radius 3 is 1.61 bits per heavy atom. The monoisotopic (exact) mass is 774 g/mol. The molecule has 0 atom stereocenters. The van der Waals surface area contributed by atoms with Crippen molar-refractivity contribution in [2.45, 2.75) is 5.41 Å². The van der Waals surface area contributed by atoms with E-state index in [4.69, 9.17) is 4.98 Å². The largest absolute Gasteiger partial charge is 0.255 e. The third-order valence-electron chi connectivity index (χ3n) is 12.8. The van der Waals surface area contributed by atoms with Gasteiger partial charge >= 0.3 is 0 Å². The van der Waals surface area contributed by atoms with Crippen molar-refractivity contribution in [2.75, 3.05) is 0 Å². The molecule has 11 aromatic rings. The van der Waals surface area contributed by atoms with Crippen molar-refractivity contribution in [3.8, 4) is 55.9 Å². The van der Waals surface area contributed by atoms with Gasteiger partial charge in [0, 0.05) is 11.6 Å². The third kappa shape index (κ3) is 5.57. The van der Waals surface area contributed by atoms with E-state index in [-0.39, 0.29) is 0 Å². The highest BCUT2D eigenvalue weighted by Crippen LogP contribution is 2.58. The zero-order valence-electron chi connectivity index (χ0n) is 33.3. The van der Waals surface area contributed by atoms with Crippen molar-refractivity contribution in [1.29, 1.82) is 0 Å². The second-order valence-corrected chi connectivity index (χ2v) is 16.1. The zero-order valence-corrected chi connectivity index (χ0v) is 33.3. The molecule has 0 N–H and O–H groups in total. The van der Waals surface area contributed by atoms with Gasteiger partial charge in [-0.3, -0.25) is 4.98 Å². The minimum absolute atomic E-state index is 0.429. The zero-order chi connectivity index (χ0) is 40.3. The first kappa shape index (κ1) is 35.0. The average molecular weight is 775 g/mol. The van der Waals surface area contributed by atoms with Gasteiger partial charge in [0.2, 0.25) is 0 Å². The fourth-order valence-electron chi connectivity index (χ4n) is 10.1. The first-order chi connectivity index (χ1) is 30.2. The third-order valence-corrected chi connectivity index (χ3v) is 12.8. The maximum absolute atomic E-state index is 5.16. The topological polar surface area (TPSA) is 25.8 Å². The minimum Gasteiger partial charge on any atom is -0.255 e. The van der Waals surface area contributed by atoms with Crippen LogP contribution in [0.1, 0.15) is 22.3 Å². The van der Waals surface area contributed by atoms with Gasteiger partial charge in [-0.1, -0.05) is 188 Å². The molecule has 0 radical (unpaired) electrons. The molecule has 0 fully saturated rings. The highest BCUT2D eigenvalue weighted by atomic mass is 14.8. The van der Waals surface area contributed by atoms with Gasteiger partial charge in [0.15, 0.2) is 0 Å². The lowest BCUT2D eigenvalue weighted by Gasteiger charge is -2.34. The Morgan fingerprint density at radius 1 is 0.328 bits per heavy atom. The summed E-state index contributed by atoms with van der Waals surface area (Å²) in [6.07, 6.45) is 1.83. The van der Waals surface area contributed by atoms with E-state index in [2.05, 4.69) is 211 Å². The number of rotatable bonds is 6. The normalized spacial score (nSPS) is 12.7. The van der Waals surface area contributed by atoms with Gasteiger partial charge in [0.05, 0.1) is 22.3 Å². The van der Waals surface area contributed by atoms with E-state index in [0.29, 0.717) is 0 Å². The molecule has 0 spiro atoms. The molecule has 0 saturated heterocycles. The molecule has 0 aliphatic heterocycles. The van der Waals surface area contributed by atoms with Crippen LogP contribution >= 0.6 is 0 Å². The van der Waals surface area contributed by atoms with Gasteiger partial charge in [-0.2, -0.15) is 0 Å². The van der Waals surface area contributed by atoms with Crippen LogP contribution in [0.2, 0.25) is 0 Å². The molecular formula is C59H38N2. The molecule has 12 rings (SSSR count). The molecule has 1 aliphatic carbocycles. The van der Waals surface area contributed by atoms with E-state index < -0.39 is 5.41 Å². The highest BCUT2D eigenvalue weighted by molar-refractivity contribution is 6.10. The lowest BCUT2D eigenvalue weighted by Crippen LogP contribution is -2.28. The van der Waals surface area contributed by atoms with Crippen LogP contribution in [0.15, 0.2) is 231 Å². The fraction of sp³-hybridized carbons (Fsp3) is 0.0169. The van der Waals surface area contributed by atoms with Crippen molar-refractivity contribution in [1.82, 2.24) is 9.97 Å². The standard InChI is InChI=1S/C59H38N2/c1-4-15-39(16-5-1)52-38-57(55-25-12-13-34-60-55)61-56-37-41(29-33-50(52)56)40-28-31-47-42(35-40)26-27-43-36-44(30-32-48(43)47)49-22-14-24-54-58(49)51-21-10-11-23-53(51)59(54,45-17-6-2-7-18-45)46-19-8-3-9-20-46/h1-38H. The average Bonchev–Trinajstić information content (AvgIpc) is 3.65. The molecule has 1 aliphatic rings. The Labute approximate surface area is 355 Å². The minimum atomic E-state index is -0.429. The number of nitrogens with zero attached hydrogens (tertiary/aromatic N) is 2. The predicted octanol–water partition coefficient (Wildman–Crippen LogP) is 15.0. The van der Waals surface area contributed by atoms with Crippen LogP contribution in [0.25, 0.3) is 88.3 Å². The summed E-state index contributed by atoms with van der Waals surface area (Å²) in [4.78, 5) is 9.81. The first-order valence-corrected chi connectivity index (χ1v) is 21.0. The summed E-state index contributed by atoms with van der Waals surface area (Å²) in [5.41, 5.74) is 17.1. The molecule has 2 heterocycles. The van der Waals surface area contributed by atoms with Crippen LogP contribution in [0.3, 0.4) is 0 Å². The molecule has 2 heteroatoms. The number of fused-ring (bicyclic) bond motifs is 7. The van der Waals surface area contributed by atoms with Crippen LogP contribution in [-0.4, -0.2) is 9.97 Å².